The Labute approximate surface area is 147 Å². The zero-order valence-electron chi connectivity index (χ0n) is 14.8. The minimum atomic E-state index is -0.919. The SMILES string of the molecule is CC(=O)N1CC2(CCN(CC(=O)N3CCOCC3)CC2)CC1C(=O)O. The highest BCUT2D eigenvalue weighted by molar-refractivity contribution is 5.83. The van der Waals surface area contributed by atoms with E-state index in [1.165, 1.54) is 11.8 Å². The molecule has 3 aliphatic heterocycles. The monoisotopic (exact) mass is 353 g/mol. The van der Waals surface area contributed by atoms with E-state index in [9.17, 15) is 19.5 Å². The molecule has 3 heterocycles. The van der Waals surface area contributed by atoms with Crippen LogP contribution < -0.4 is 0 Å². The number of carboxylic acids is 1. The van der Waals surface area contributed by atoms with Gasteiger partial charge in [-0.05, 0) is 37.8 Å². The Hall–Kier alpha value is -1.67. The summed E-state index contributed by atoms with van der Waals surface area (Å²) >= 11 is 0. The number of hydrogen-bond acceptors (Lipinski definition) is 5. The smallest absolute Gasteiger partial charge is 0.326 e. The summed E-state index contributed by atoms with van der Waals surface area (Å²) in [7, 11) is 0. The van der Waals surface area contributed by atoms with Crippen LogP contribution in [0.1, 0.15) is 26.2 Å². The Morgan fingerprint density at radius 2 is 1.76 bits per heavy atom. The van der Waals surface area contributed by atoms with Gasteiger partial charge in [0.1, 0.15) is 6.04 Å². The molecule has 0 bridgehead atoms. The minimum absolute atomic E-state index is 0.118. The second-order valence-corrected chi connectivity index (χ2v) is 7.47. The topological polar surface area (TPSA) is 90.4 Å². The highest BCUT2D eigenvalue weighted by atomic mass is 16.5. The average molecular weight is 353 g/mol. The number of aliphatic carboxylic acids is 1. The molecule has 0 aliphatic carbocycles. The number of likely N-dealkylation sites (tertiary alicyclic amines) is 2. The van der Waals surface area contributed by atoms with E-state index in [1.807, 2.05) is 4.90 Å². The Morgan fingerprint density at radius 3 is 2.28 bits per heavy atom. The summed E-state index contributed by atoms with van der Waals surface area (Å²) in [5.41, 5.74) is -0.118. The Bertz CT molecular complexity index is 514. The third-order valence-corrected chi connectivity index (χ3v) is 5.84. The van der Waals surface area contributed by atoms with Crippen LogP contribution in [-0.2, 0) is 19.1 Å². The van der Waals surface area contributed by atoms with Crippen LogP contribution in [0.5, 0.6) is 0 Å². The lowest BCUT2D eigenvalue weighted by atomic mass is 9.76. The molecule has 140 valence electrons. The molecule has 2 amide bonds. The summed E-state index contributed by atoms with van der Waals surface area (Å²) in [6, 6.07) is -0.709. The van der Waals surface area contributed by atoms with E-state index in [0.29, 0.717) is 45.8 Å². The van der Waals surface area contributed by atoms with Crippen molar-refractivity contribution in [3.8, 4) is 0 Å². The van der Waals surface area contributed by atoms with Crippen molar-refractivity contribution >= 4 is 17.8 Å². The fraction of sp³-hybridized carbons (Fsp3) is 0.824. The van der Waals surface area contributed by atoms with Crippen LogP contribution in [0, 0.1) is 5.41 Å². The Morgan fingerprint density at radius 1 is 1.12 bits per heavy atom. The van der Waals surface area contributed by atoms with Crippen LogP contribution >= 0.6 is 0 Å². The van der Waals surface area contributed by atoms with E-state index in [-0.39, 0.29) is 17.2 Å². The first-order valence-corrected chi connectivity index (χ1v) is 8.98. The lowest BCUT2D eigenvalue weighted by Gasteiger charge is -2.39. The van der Waals surface area contributed by atoms with Crippen molar-refractivity contribution in [2.75, 3.05) is 52.5 Å². The van der Waals surface area contributed by atoms with Crippen molar-refractivity contribution in [2.45, 2.75) is 32.2 Å². The number of piperidine rings is 1. The molecule has 25 heavy (non-hydrogen) atoms. The zero-order valence-corrected chi connectivity index (χ0v) is 14.8. The normalized spacial score (nSPS) is 26.8. The van der Waals surface area contributed by atoms with E-state index >= 15 is 0 Å². The predicted octanol–water partition coefficient (Wildman–Crippen LogP) is -0.367. The Kier molecular flexibility index (Phi) is 5.29. The molecule has 8 heteroatoms. The molecule has 3 fully saturated rings. The van der Waals surface area contributed by atoms with Crippen LogP contribution in [0.4, 0.5) is 0 Å². The standard InChI is InChI=1S/C17H27N3O5/c1-13(21)20-12-17(10-14(20)16(23)24)2-4-18(5-3-17)11-15(22)19-6-8-25-9-7-19/h14H,2-12H2,1H3,(H,23,24). The first-order chi connectivity index (χ1) is 11.9. The van der Waals surface area contributed by atoms with Crippen molar-refractivity contribution in [1.29, 1.82) is 0 Å². The van der Waals surface area contributed by atoms with Gasteiger partial charge in [0.2, 0.25) is 11.8 Å². The van der Waals surface area contributed by atoms with Gasteiger partial charge in [-0.3, -0.25) is 14.5 Å². The number of amides is 2. The third-order valence-electron chi connectivity index (χ3n) is 5.84. The number of nitrogens with zero attached hydrogens (tertiary/aromatic N) is 3. The maximum absolute atomic E-state index is 12.4. The van der Waals surface area contributed by atoms with Gasteiger partial charge < -0.3 is 19.6 Å². The number of carbonyl (C=O) groups is 3. The second kappa shape index (κ2) is 7.29. The molecular weight excluding hydrogens is 326 g/mol. The molecular formula is C17H27N3O5. The van der Waals surface area contributed by atoms with Gasteiger partial charge in [0.25, 0.3) is 0 Å². The molecule has 1 spiro atoms. The molecule has 8 nitrogen and oxygen atoms in total. The third kappa shape index (κ3) is 3.95. The highest BCUT2D eigenvalue weighted by Gasteiger charge is 2.49. The summed E-state index contributed by atoms with van der Waals surface area (Å²) < 4.78 is 5.27. The van der Waals surface area contributed by atoms with Gasteiger partial charge in [0, 0.05) is 26.6 Å². The lowest BCUT2D eigenvalue weighted by Crippen LogP contribution is -2.49. The summed E-state index contributed by atoms with van der Waals surface area (Å²) in [6.07, 6.45) is 2.18. The first kappa shape index (κ1) is 18.1. The summed E-state index contributed by atoms with van der Waals surface area (Å²) in [6.45, 7) is 6.43. The van der Waals surface area contributed by atoms with Gasteiger partial charge >= 0.3 is 5.97 Å². The quantitative estimate of drug-likeness (QED) is 0.745. The molecule has 0 aromatic rings. The lowest BCUT2D eigenvalue weighted by molar-refractivity contribution is -0.147. The molecule has 3 saturated heterocycles. The second-order valence-electron chi connectivity index (χ2n) is 7.47. The minimum Gasteiger partial charge on any atom is -0.480 e. The number of carbonyl (C=O) groups excluding carboxylic acids is 2. The van der Waals surface area contributed by atoms with Gasteiger partial charge in [0.05, 0.1) is 19.8 Å². The van der Waals surface area contributed by atoms with Crippen molar-refractivity contribution in [1.82, 2.24) is 14.7 Å². The molecule has 0 aromatic heterocycles. The first-order valence-electron chi connectivity index (χ1n) is 8.98. The van der Waals surface area contributed by atoms with Gasteiger partial charge in [0.15, 0.2) is 0 Å². The van der Waals surface area contributed by atoms with Crippen LogP contribution in [0.2, 0.25) is 0 Å². The predicted molar refractivity (Wildman–Crippen MR) is 88.9 cm³/mol. The van der Waals surface area contributed by atoms with Crippen molar-refractivity contribution in [3.05, 3.63) is 0 Å². The fourth-order valence-corrected chi connectivity index (χ4v) is 4.26. The molecule has 3 aliphatic rings. The van der Waals surface area contributed by atoms with Crippen LogP contribution in [0.3, 0.4) is 0 Å². The summed E-state index contributed by atoms with van der Waals surface area (Å²) in [5.74, 6) is -0.953. The van der Waals surface area contributed by atoms with Crippen molar-refractivity contribution in [3.63, 3.8) is 0 Å². The Balaban J connectivity index is 1.53. The van der Waals surface area contributed by atoms with Crippen LogP contribution in [0.15, 0.2) is 0 Å². The van der Waals surface area contributed by atoms with Crippen molar-refractivity contribution in [2.24, 2.45) is 5.41 Å². The molecule has 1 atom stereocenters. The van der Waals surface area contributed by atoms with Crippen LogP contribution in [0.25, 0.3) is 0 Å². The van der Waals surface area contributed by atoms with Crippen LogP contribution in [-0.4, -0.2) is 96.1 Å². The maximum Gasteiger partial charge on any atom is 0.326 e. The molecule has 1 unspecified atom stereocenters. The van der Waals surface area contributed by atoms with Crippen molar-refractivity contribution < 1.29 is 24.2 Å². The number of carboxylic acid groups (broad SMARTS) is 1. The number of morpholine rings is 1. The number of hydrogen-bond donors (Lipinski definition) is 1. The average Bonchev–Trinajstić information content (AvgIpc) is 2.98. The largest absolute Gasteiger partial charge is 0.480 e. The molecule has 1 N–H and O–H groups in total. The number of ether oxygens (including phenoxy) is 1. The van der Waals surface area contributed by atoms with E-state index in [1.54, 1.807) is 0 Å². The molecule has 3 rings (SSSR count). The fourth-order valence-electron chi connectivity index (χ4n) is 4.26. The molecule has 0 radical (unpaired) electrons. The maximum atomic E-state index is 12.4. The van der Waals surface area contributed by atoms with E-state index < -0.39 is 12.0 Å². The van der Waals surface area contributed by atoms with Gasteiger partial charge in [-0.2, -0.15) is 0 Å². The summed E-state index contributed by atoms with van der Waals surface area (Å²) in [5, 5.41) is 9.40. The van der Waals surface area contributed by atoms with Gasteiger partial charge in [-0.15, -0.1) is 0 Å². The zero-order chi connectivity index (χ0) is 18.0. The highest BCUT2D eigenvalue weighted by Crippen LogP contribution is 2.43. The van der Waals surface area contributed by atoms with E-state index in [0.717, 1.165) is 25.9 Å². The van der Waals surface area contributed by atoms with E-state index in [2.05, 4.69) is 4.90 Å². The molecule has 0 aromatic carbocycles. The van der Waals surface area contributed by atoms with Gasteiger partial charge in [-0.1, -0.05) is 0 Å². The van der Waals surface area contributed by atoms with Gasteiger partial charge in [-0.25, -0.2) is 4.79 Å². The van der Waals surface area contributed by atoms with E-state index in [4.69, 9.17) is 4.74 Å². The summed E-state index contributed by atoms with van der Waals surface area (Å²) in [4.78, 5) is 41.1. The molecule has 0 saturated carbocycles. The number of rotatable bonds is 3.